The van der Waals surface area contributed by atoms with Gasteiger partial charge < -0.3 is 9.84 Å². The molecule has 2 unspecified atom stereocenters. The Morgan fingerprint density at radius 2 is 1.81 bits per heavy atom. The molecule has 1 aliphatic carbocycles. The van der Waals surface area contributed by atoms with Crippen LogP contribution in [0.25, 0.3) is 10.4 Å². The van der Waals surface area contributed by atoms with Crippen molar-refractivity contribution in [2.45, 2.75) is 22.1 Å². The summed E-state index contributed by atoms with van der Waals surface area (Å²) in [5.74, 6) is -2.62. The van der Waals surface area contributed by atoms with Crippen molar-refractivity contribution in [2.24, 2.45) is 0 Å². The number of thiophene rings is 1. The molecule has 2 aromatic carbocycles. The van der Waals surface area contributed by atoms with Gasteiger partial charge in [0.1, 0.15) is 9.75 Å². The number of benzene rings is 2. The van der Waals surface area contributed by atoms with Gasteiger partial charge in [-0.1, -0.05) is 41.9 Å². The lowest BCUT2D eigenvalue weighted by Crippen LogP contribution is -2.44. The SMILES string of the molecule is COC(=O)c1ccccc1C1CC1(NS(=O)(=O)c1ccc(-c2ccc(Cl)cc2)s1)C(=O)O. The molecule has 0 spiro atoms. The molecule has 166 valence electrons. The van der Waals surface area contributed by atoms with E-state index in [-0.39, 0.29) is 16.2 Å². The molecule has 0 saturated heterocycles. The Morgan fingerprint density at radius 1 is 1.12 bits per heavy atom. The fourth-order valence-corrected chi connectivity index (χ4v) is 6.49. The summed E-state index contributed by atoms with van der Waals surface area (Å²) < 4.78 is 33.3. The van der Waals surface area contributed by atoms with E-state index in [1.165, 1.54) is 19.2 Å². The van der Waals surface area contributed by atoms with Gasteiger partial charge in [0.25, 0.3) is 10.0 Å². The Bertz CT molecular complexity index is 1300. The molecule has 10 heteroatoms. The summed E-state index contributed by atoms with van der Waals surface area (Å²) in [4.78, 5) is 24.9. The highest BCUT2D eigenvalue weighted by Crippen LogP contribution is 2.53. The second-order valence-electron chi connectivity index (χ2n) is 7.34. The molecule has 4 rings (SSSR count). The third kappa shape index (κ3) is 4.04. The molecule has 0 radical (unpaired) electrons. The molecular formula is C22H18ClNO6S2. The zero-order chi connectivity index (χ0) is 23.1. The molecule has 2 N–H and O–H groups in total. The van der Waals surface area contributed by atoms with Crippen LogP contribution in [0.1, 0.15) is 28.3 Å². The molecule has 7 nitrogen and oxygen atoms in total. The number of methoxy groups -OCH3 is 1. The van der Waals surface area contributed by atoms with Crippen molar-refractivity contribution >= 4 is 44.9 Å². The fourth-order valence-electron chi connectivity index (χ4n) is 3.65. The molecular weight excluding hydrogens is 474 g/mol. The minimum atomic E-state index is -4.13. The van der Waals surface area contributed by atoms with E-state index in [9.17, 15) is 23.1 Å². The number of ether oxygens (including phenoxy) is 1. The first-order valence-corrected chi connectivity index (χ1v) is 12.2. The largest absolute Gasteiger partial charge is 0.480 e. The van der Waals surface area contributed by atoms with Crippen LogP contribution in [0.2, 0.25) is 5.02 Å². The molecule has 0 amide bonds. The highest BCUT2D eigenvalue weighted by Gasteiger charge is 2.64. The topological polar surface area (TPSA) is 110 Å². The lowest BCUT2D eigenvalue weighted by molar-refractivity contribution is -0.140. The van der Waals surface area contributed by atoms with Gasteiger partial charge in [-0.15, -0.1) is 11.3 Å². The third-order valence-corrected chi connectivity index (χ3v) is 8.76. The quantitative estimate of drug-likeness (QED) is 0.480. The van der Waals surface area contributed by atoms with Crippen molar-refractivity contribution < 1.29 is 27.9 Å². The number of halogens is 1. The van der Waals surface area contributed by atoms with E-state index in [4.69, 9.17) is 16.3 Å². The van der Waals surface area contributed by atoms with Crippen LogP contribution in [0.4, 0.5) is 0 Å². The summed E-state index contributed by atoms with van der Waals surface area (Å²) in [5.41, 5.74) is -0.307. The average Bonchev–Trinajstić information content (AvgIpc) is 3.26. The Labute approximate surface area is 193 Å². The van der Waals surface area contributed by atoms with E-state index in [1.54, 1.807) is 48.5 Å². The maximum Gasteiger partial charge on any atom is 0.338 e. The van der Waals surface area contributed by atoms with Gasteiger partial charge in [0.05, 0.1) is 12.7 Å². The van der Waals surface area contributed by atoms with E-state index >= 15 is 0 Å². The number of aliphatic carboxylic acids is 1. The number of hydrogen-bond acceptors (Lipinski definition) is 6. The van der Waals surface area contributed by atoms with Crippen LogP contribution in [-0.2, 0) is 19.6 Å². The zero-order valence-electron chi connectivity index (χ0n) is 16.7. The Kier molecular flexibility index (Phi) is 5.85. The van der Waals surface area contributed by atoms with Gasteiger partial charge in [-0.2, -0.15) is 4.72 Å². The summed E-state index contributed by atoms with van der Waals surface area (Å²) in [6.07, 6.45) is 0.0188. The average molecular weight is 492 g/mol. The van der Waals surface area contributed by atoms with Crippen molar-refractivity contribution in [3.63, 3.8) is 0 Å². The molecule has 0 bridgehead atoms. The van der Waals surface area contributed by atoms with E-state index in [2.05, 4.69) is 4.72 Å². The summed E-state index contributed by atoms with van der Waals surface area (Å²) in [5, 5.41) is 10.5. The number of carboxylic acids is 1. The number of hydrogen-bond donors (Lipinski definition) is 2. The van der Waals surface area contributed by atoms with Crippen molar-refractivity contribution in [3.8, 4) is 10.4 Å². The molecule has 1 heterocycles. The number of rotatable bonds is 7. The number of carbonyl (C=O) groups excluding carboxylic acids is 1. The number of esters is 1. The summed E-state index contributed by atoms with van der Waals surface area (Å²) in [6, 6.07) is 16.5. The highest BCUT2D eigenvalue weighted by atomic mass is 35.5. The van der Waals surface area contributed by atoms with Gasteiger partial charge in [0.15, 0.2) is 0 Å². The van der Waals surface area contributed by atoms with Crippen LogP contribution in [-0.4, -0.2) is 38.1 Å². The second-order valence-corrected chi connectivity index (χ2v) is 10.8. The molecule has 32 heavy (non-hydrogen) atoms. The van der Waals surface area contributed by atoms with Crippen molar-refractivity contribution in [1.82, 2.24) is 4.72 Å². The van der Waals surface area contributed by atoms with Gasteiger partial charge in [-0.25, -0.2) is 13.2 Å². The van der Waals surface area contributed by atoms with Crippen molar-refractivity contribution in [3.05, 3.63) is 76.8 Å². The third-order valence-electron chi connectivity index (χ3n) is 5.38. The number of sulfonamides is 1. The standard InChI is InChI=1S/C22H18ClNO6S2/c1-30-20(25)16-5-3-2-4-15(16)17-12-22(17,21(26)27)24-32(28,29)19-11-10-18(31-19)13-6-8-14(23)9-7-13/h2-11,17,24H,12H2,1H3,(H,26,27). The van der Waals surface area contributed by atoms with Crippen LogP contribution in [0.5, 0.6) is 0 Å². The molecule has 1 aromatic heterocycles. The van der Waals surface area contributed by atoms with E-state index in [1.807, 2.05) is 0 Å². The Morgan fingerprint density at radius 3 is 2.47 bits per heavy atom. The van der Waals surface area contributed by atoms with E-state index in [0.717, 1.165) is 16.9 Å². The van der Waals surface area contributed by atoms with E-state index < -0.39 is 33.4 Å². The molecule has 3 aromatic rings. The van der Waals surface area contributed by atoms with Crippen LogP contribution in [0.15, 0.2) is 64.9 Å². The normalized spacial score (nSPS) is 20.0. The Balaban J connectivity index is 1.63. The van der Waals surface area contributed by atoms with Crippen LogP contribution >= 0.6 is 22.9 Å². The van der Waals surface area contributed by atoms with Gasteiger partial charge in [0.2, 0.25) is 0 Å². The molecule has 1 aliphatic rings. The predicted octanol–water partition coefficient (Wildman–Crippen LogP) is 4.14. The predicted molar refractivity (Wildman–Crippen MR) is 121 cm³/mol. The number of carboxylic acid groups (broad SMARTS) is 1. The first kappa shape index (κ1) is 22.5. The van der Waals surface area contributed by atoms with Gasteiger partial charge >= 0.3 is 11.9 Å². The zero-order valence-corrected chi connectivity index (χ0v) is 19.1. The second kappa shape index (κ2) is 8.32. The van der Waals surface area contributed by atoms with Gasteiger partial charge in [-0.3, -0.25) is 4.79 Å². The van der Waals surface area contributed by atoms with Crippen LogP contribution in [0.3, 0.4) is 0 Å². The summed E-state index contributed by atoms with van der Waals surface area (Å²) >= 11 is 6.93. The maximum absolute atomic E-state index is 13.1. The molecule has 0 aliphatic heterocycles. The summed E-state index contributed by atoms with van der Waals surface area (Å²) in [7, 11) is -2.90. The summed E-state index contributed by atoms with van der Waals surface area (Å²) in [6.45, 7) is 0. The van der Waals surface area contributed by atoms with Crippen LogP contribution in [0, 0.1) is 0 Å². The lowest BCUT2D eigenvalue weighted by Gasteiger charge is -2.16. The van der Waals surface area contributed by atoms with Crippen molar-refractivity contribution in [1.29, 1.82) is 0 Å². The highest BCUT2D eigenvalue weighted by molar-refractivity contribution is 7.91. The molecule has 1 saturated carbocycles. The minimum absolute atomic E-state index is 0.00465. The smallest absolute Gasteiger partial charge is 0.338 e. The van der Waals surface area contributed by atoms with Crippen LogP contribution < -0.4 is 4.72 Å². The Hall–Kier alpha value is -2.72. The minimum Gasteiger partial charge on any atom is -0.480 e. The van der Waals surface area contributed by atoms with Gasteiger partial charge in [-0.05, 0) is 47.9 Å². The lowest BCUT2D eigenvalue weighted by atomic mass is 10.0. The molecule has 2 atom stereocenters. The van der Waals surface area contributed by atoms with Gasteiger partial charge in [0, 0.05) is 15.8 Å². The first-order valence-electron chi connectivity index (χ1n) is 9.48. The number of carbonyl (C=O) groups is 2. The molecule has 1 fully saturated rings. The number of nitrogens with one attached hydrogen (secondary N) is 1. The van der Waals surface area contributed by atoms with E-state index in [0.29, 0.717) is 15.5 Å². The van der Waals surface area contributed by atoms with Crippen molar-refractivity contribution in [2.75, 3.05) is 7.11 Å². The fraction of sp³-hybridized carbons (Fsp3) is 0.182. The monoisotopic (exact) mass is 491 g/mol. The first-order chi connectivity index (χ1) is 15.2. The maximum atomic E-state index is 13.1.